The van der Waals surface area contributed by atoms with Crippen LogP contribution in [0, 0.1) is 0 Å². The Bertz CT molecular complexity index is 723. The molecular formula is C17H20ClN3O4. The van der Waals surface area contributed by atoms with E-state index >= 15 is 0 Å². The quantitative estimate of drug-likeness (QED) is 0.833. The highest BCUT2D eigenvalue weighted by atomic mass is 35.5. The number of hydrogen-bond acceptors (Lipinski definition) is 6. The minimum atomic E-state index is -0.708. The molecular weight excluding hydrogens is 346 g/mol. The number of hydrogen-bond donors (Lipinski definition) is 2. The maximum atomic E-state index is 10.9. The van der Waals surface area contributed by atoms with Crippen LogP contribution in [0.4, 0.5) is 0 Å². The fraction of sp³-hybridized carbons (Fsp3) is 0.471. The lowest BCUT2D eigenvalue weighted by Gasteiger charge is -2.38. The molecule has 1 aromatic heterocycles. The molecule has 2 N–H and O–H groups in total. The van der Waals surface area contributed by atoms with Crippen molar-refractivity contribution >= 4 is 11.6 Å². The topological polar surface area (TPSA) is 77.8 Å². The van der Waals surface area contributed by atoms with Crippen molar-refractivity contribution in [3.05, 3.63) is 47.2 Å². The normalized spacial score (nSPS) is 31.2. The van der Waals surface area contributed by atoms with Crippen LogP contribution in [-0.2, 0) is 16.0 Å². The monoisotopic (exact) mass is 365 g/mol. The number of benzene rings is 1. The first-order valence-corrected chi connectivity index (χ1v) is 8.54. The zero-order valence-electron chi connectivity index (χ0n) is 13.7. The lowest BCUT2D eigenvalue weighted by atomic mass is 9.96. The molecule has 2 bridgehead atoms. The van der Waals surface area contributed by atoms with Gasteiger partial charge in [0, 0.05) is 12.7 Å². The summed E-state index contributed by atoms with van der Waals surface area (Å²) in [6.45, 7) is 1.04. The Hall–Kier alpha value is -1.64. The van der Waals surface area contributed by atoms with Crippen molar-refractivity contribution in [2.45, 2.75) is 37.1 Å². The zero-order valence-corrected chi connectivity index (χ0v) is 14.5. The lowest BCUT2D eigenvalue weighted by Crippen LogP contribution is -2.57. The van der Waals surface area contributed by atoms with Crippen LogP contribution in [0.5, 0.6) is 5.75 Å². The molecule has 2 aliphatic heterocycles. The van der Waals surface area contributed by atoms with E-state index in [-0.39, 0.29) is 12.1 Å². The van der Waals surface area contributed by atoms with Crippen molar-refractivity contribution in [1.82, 2.24) is 15.1 Å². The van der Waals surface area contributed by atoms with E-state index < -0.39 is 18.4 Å². The molecule has 2 fully saturated rings. The molecule has 5 atom stereocenters. The van der Waals surface area contributed by atoms with Crippen molar-refractivity contribution in [2.24, 2.45) is 0 Å². The molecule has 3 heterocycles. The second-order valence-corrected chi connectivity index (χ2v) is 6.69. The Balaban J connectivity index is 1.48. The van der Waals surface area contributed by atoms with Gasteiger partial charge in [-0.3, -0.25) is 4.68 Å². The van der Waals surface area contributed by atoms with E-state index in [9.17, 15) is 5.11 Å². The summed E-state index contributed by atoms with van der Waals surface area (Å²) in [4.78, 5) is 0. The third kappa shape index (κ3) is 3.26. The molecule has 4 rings (SSSR count). The molecule has 7 nitrogen and oxygen atoms in total. The third-order valence-electron chi connectivity index (χ3n) is 4.71. The van der Waals surface area contributed by atoms with Gasteiger partial charge in [-0.1, -0.05) is 23.7 Å². The van der Waals surface area contributed by atoms with Gasteiger partial charge in [-0.25, -0.2) is 0 Å². The van der Waals surface area contributed by atoms with E-state index in [0.29, 0.717) is 18.2 Å². The Labute approximate surface area is 150 Å². The zero-order chi connectivity index (χ0) is 17.4. The van der Waals surface area contributed by atoms with E-state index in [1.54, 1.807) is 18.0 Å². The molecule has 2 aromatic rings. The van der Waals surface area contributed by atoms with Gasteiger partial charge in [0.05, 0.1) is 37.1 Å². The van der Waals surface area contributed by atoms with Gasteiger partial charge in [0.15, 0.2) is 6.29 Å². The summed E-state index contributed by atoms with van der Waals surface area (Å²) in [5.41, 5.74) is 1.09. The van der Waals surface area contributed by atoms with Crippen LogP contribution in [0.3, 0.4) is 0 Å². The smallest absolute Gasteiger partial charge is 0.183 e. The van der Waals surface area contributed by atoms with Crippen LogP contribution < -0.4 is 10.1 Å². The summed E-state index contributed by atoms with van der Waals surface area (Å²) in [6.07, 6.45) is 1.78. The molecule has 0 aliphatic carbocycles. The van der Waals surface area contributed by atoms with E-state index in [2.05, 4.69) is 10.4 Å². The number of aromatic nitrogens is 2. The molecule has 0 radical (unpaired) electrons. The molecule has 25 heavy (non-hydrogen) atoms. The number of ether oxygens (including phenoxy) is 3. The van der Waals surface area contributed by atoms with E-state index in [1.807, 2.05) is 24.3 Å². The second kappa shape index (κ2) is 6.93. The van der Waals surface area contributed by atoms with E-state index in [0.717, 1.165) is 11.3 Å². The number of nitrogens with one attached hydrogen (secondary N) is 1. The van der Waals surface area contributed by atoms with Gasteiger partial charge in [-0.2, -0.15) is 5.10 Å². The lowest BCUT2D eigenvalue weighted by molar-refractivity contribution is -0.168. The Kier molecular flexibility index (Phi) is 4.66. The molecule has 134 valence electrons. The van der Waals surface area contributed by atoms with Gasteiger partial charge in [0.1, 0.15) is 17.9 Å². The van der Waals surface area contributed by atoms with Crippen LogP contribution in [0.1, 0.15) is 11.6 Å². The molecule has 8 heteroatoms. The fourth-order valence-corrected chi connectivity index (χ4v) is 3.54. The van der Waals surface area contributed by atoms with Crippen LogP contribution in [0.2, 0.25) is 5.02 Å². The van der Waals surface area contributed by atoms with E-state index in [4.69, 9.17) is 25.8 Å². The highest BCUT2D eigenvalue weighted by Crippen LogP contribution is 2.35. The summed E-state index contributed by atoms with van der Waals surface area (Å²) >= 11 is 5.96. The van der Waals surface area contributed by atoms with Crippen molar-refractivity contribution in [1.29, 1.82) is 0 Å². The highest BCUT2D eigenvalue weighted by Gasteiger charge is 2.51. The number of aliphatic hydroxyl groups excluding tert-OH is 1. The predicted octanol–water partition coefficient (Wildman–Crippen LogP) is 1.36. The first-order chi connectivity index (χ1) is 12.2. The molecule has 2 aliphatic rings. The second-order valence-electron chi connectivity index (χ2n) is 6.25. The molecule has 0 amide bonds. The minimum Gasteiger partial charge on any atom is -0.497 e. The number of fused-ring (bicyclic) bond motifs is 2. The van der Waals surface area contributed by atoms with Gasteiger partial charge in [-0.15, -0.1) is 0 Å². The first-order valence-electron chi connectivity index (χ1n) is 8.17. The van der Waals surface area contributed by atoms with Crippen molar-refractivity contribution in [3.8, 4) is 5.75 Å². The van der Waals surface area contributed by atoms with Crippen LogP contribution >= 0.6 is 11.6 Å². The average molecular weight is 366 g/mol. The maximum absolute atomic E-state index is 10.9. The molecule has 1 aromatic carbocycles. The summed E-state index contributed by atoms with van der Waals surface area (Å²) in [5.74, 6) is 0.812. The van der Waals surface area contributed by atoms with Crippen molar-refractivity contribution in [2.75, 3.05) is 13.7 Å². The summed E-state index contributed by atoms with van der Waals surface area (Å²) in [7, 11) is 1.64. The Morgan fingerprint density at radius 1 is 1.40 bits per heavy atom. The molecule has 0 unspecified atom stereocenters. The van der Waals surface area contributed by atoms with Gasteiger partial charge >= 0.3 is 0 Å². The summed E-state index contributed by atoms with van der Waals surface area (Å²) < 4.78 is 18.4. The third-order valence-corrected chi connectivity index (χ3v) is 4.90. The molecule has 0 spiro atoms. The summed E-state index contributed by atoms with van der Waals surface area (Å²) in [6, 6.07) is 7.08. The largest absolute Gasteiger partial charge is 0.497 e. The standard InChI is InChI=1S/C17H20ClN3O4/c1-23-12-4-2-10(3-5-12)6-19-14-13-9-24-17(25-13)15(16(14)22)21-8-11(18)7-20-21/h2-5,7-8,13-17,19,22H,6,9H2,1H3/t13-,14-,15-,16+,17-/m1/s1. The van der Waals surface area contributed by atoms with Gasteiger partial charge in [-0.05, 0) is 17.7 Å². The number of halogens is 1. The minimum absolute atomic E-state index is 0.194. The average Bonchev–Trinajstić information content (AvgIpc) is 3.23. The van der Waals surface area contributed by atoms with Gasteiger partial charge in [0.25, 0.3) is 0 Å². The van der Waals surface area contributed by atoms with Crippen molar-refractivity contribution in [3.63, 3.8) is 0 Å². The Morgan fingerprint density at radius 3 is 2.88 bits per heavy atom. The molecule has 0 saturated carbocycles. The van der Waals surface area contributed by atoms with Crippen LogP contribution in [0.15, 0.2) is 36.7 Å². The first kappa shape index (κ1) is 16.8. The SMILES string of the molecule is COc1ccc(CN[C@H]2[C@H](O)[C@@H](n3cc(Cl)cn3)[C@@H]3OC[C@H]2O3)cc1. The predicted molar refractivity (Wildman–Crippen MR) is 90.5 cm³/mol. The van der Waals surface area contributed by atoms with Gasteiger partial charge in [0.2, 0.25) is 0 Å². The van der Waals surface area contributed by atoms with Gasteiger partial charge < -0.3 is 24.6 Å². The number of nitrogens with zero attached hydrogens (tertiary/aromatic N) is 2. The van der Waals surface area contributed by atoms with Crippen LogP contribution in [-0.4, -0.2) is 53.1 Å². The number of methoxy groups -OCH3 is 1. The van der Waals surface area contributed by atoms with Crippen LogP contribution in [0.25, 0.3) is 0 Å². The number of aliphatic hydroxyl groups is 1. The fourth-order valence-electron chi connectivity index (χ4n) is 3.39. The highest BCUT2D eigenvalue weighted by molar-refractivity contribution is 6.30. The molecule has 2 saturated heterocycles. The Morgan fingerprint density at radius 2 is 2.20 bits per heavy atom. The maximum Gasteiger partial charge on any atom is 0.183 e. The summed E-state index contributed by atoms with van der Waals surface area (Å²) in [5, 5.41) is 19.0. The van der Waals surface area contributed by atoms with E-state index in [1.165, 1.54) is 6.20 Å². The van der Waals surface area contributed by atoms with Crippen molar-refractivity contribution < 1.29 is 19.3 Å². The number of rotatable bonds is 5.